The number of ether oxygens (including phenoxy) is 2. The van der Waals surface area contributed by atoms with Gasteiger partial charge >= 0.3 is 12.5 Å². The van der Waals surface area contributed by atoms with Crippen molar-refractivity contribution in [2.24, 2.45) is 0 Å². The van der Waals surface area contributed by atoms with Crippen LogP contribution in [0.3, 0.4) is 0 Å². The zero-order valence-electron chi connectivity index (χ0n) is 8.88. The topological polar surface area (TPSA) is 47.6 Å². The molecule has 0 bridgehead atoms. The fourth-order valence-corrected chi connectivity index (χ4v) is 1.06. The van der Waals surface area contributed by atoms with E-state index in [0.717, 1.165) is 6.07 Å². The van der Waals surface area contributed by atoms with Crippen LogP contribution in [0.5, 0.6) is 5.75 Å². The van der Waals surface area contributed by atoms with Crippen molar-refractivity contribution in [1.82, 2.24) is 0 Å². The van der Waals surface area contributed by atoms with Crippen molar-refractivity contribution in [3.05, 3.63) is 24.3 Å². The van der Waals surface area contributed by atoms with E-state index in [4.69, 9.17) is 0 Å². The van der Waals surface area contributed by atoms with Crippen LogP contribution in [-0.2, 0) is 4.74 Å². The molecule has 94 valence electrons. The number of para-hydroxylation sites is 2. The largest absolute Gasteiger partial charge is 0.573 e. The molecule has 1 amide bonds. The van der Waals surface area contributed by atoms with Gasteiger partial charge in [0.15, 0.2) is 5.75 Å². The number of hydrogen-bond acceptors (Lipinski definition) is 3. The monoisotopic (exact) mass is 249 g/mol. The van der Waals surface area contributed by atoms with Crippen molar-refractivity contribution in [2.45, 2.75) is 13.3 Å². The van der Waals surface area contributed by atoms with Gasteiger partial charge in [-0.2, -0.15) is 0 Å². The van der Waals surface area contributed by atoms with Gasteiger partial charge in [-0.05, 0) is 19.1 Å². The standard InChI is InChI=1S/C10H10F3NO3/c1-2-16-9(15)14-7-5-3-4-6-8(7)17-10(11,12)13/h3-6H,2H2,1H3,(H,14,15). The molecule has 0 aromatic heterocycles. The summed E-state index contributed by atoms with van der Waals surface area (Å²) in [5.41, 5.74) is -0.108. The molecule has 1 aromatic carbocycles. The van der Waals surface area contributed by atoms with Crippen molar-refractivity contribution in [3.8, 4) is 5.75 Å². The van der Waals surface area contributed by atoms with Crippen LogP contribution in [0.15, 0.2) is 24.3 Å². The lowest BCUT2D eigenvalue weighted by Crippen LogP contribution is -2.19. The van der Waals surface area contributed by atoms with E-state index in [1.807, 2.05) is 0 Å². The second kappa shape index (κ2) is 5.42. The molecule has 4 nitrogen and oxygen atoms in total. The predicted molar refractivity (Wildman–Crippen MR) is 53.8 cm³/mol. The van der Waals surface area contributed by atoms with Crippen LogP contribution in [0.1, 0.15) is 6.92 Å². The molecule has 1 rings (SSSR count). The maximum absolute atomic E-state index is 12.0. The Hall–Kier alpha value is -1.92. The number of carbonyl (C=O) groups is 1. The number of hydrogen-bond donors (Lipinski definition) is 1. The molecule has 1 aromatic rings. The Morgan fingerprint density at radius 3 is 2.59 bits per heavy atom. The SMILES string of the molecule is CCOC(=O)Nc1ccccc1OC(F)(F)F. The molecule has 17 heavy (non-hydrogen) atoms. The summed E-state index contributed by atoms with van der Waals surface area (Å²) in [6.45, 7) is 1.70. The summed E-state index contributed by atoms with van der Waals surface area (Å²) in [5.74, 6) is -0.493. The molecule has 0 aliphatic rings. The first-order valence-corrected chi connectivity index (χ1v) is 4.71. The first-order chi connectivity index (χ1) is 7.92. The maximum atomic E-state index is 12.0. The molecule has 0 heterocycles. The van der Waals surface area contributed by atoms with Crippen LogP contribution in [0.4, 0.5) is 23.7 Å². The predicted octanol–water partition coefficient (Wildman–Crippen LogP) is 3.15. The third kappa shape index (κ3) is 4.62. The number of halogens is 3. The van der Waals surface area contributed by atoms with E-state index in [0.29, 0.717) is 0 Å². The van der Waals surface area contributed by atoms with Crippen molar-refractivity contribution < 1.29 is 27.4 Å². The van der Waals surface area contributed by atoms with E-state index in [1.54, 1.807) is 6.92 Å². The van der Waals surface area contributed by atoms with E-state index >= 15 is 0 Å². The number of alkyl halides is 3. The van der Waals surface area contributed by atoms with Gasteiger partial charge < -0.3 is 9.47 Å². The van der Waals surface area contributed by atoms with Crippen LogP contribution in [-0.4, -0.2) is 19.1 Å². The molecule has 0 radical (unpaired) electrons. The lowest BCUT2D eigenvalue weighted by atomic mass is 10.3. The first kappa shape index (κ1) is 13.1. The Labute approximate surface area is 95.3 Å². The number of anilines is 1. The van der Waals surface area contributed by atoms with Crippen molar-refractivity contribution in [3.63, 3.8) is 0 Å². The van der Waals surface area contributed by atoms with E-state index < -0.39 is 18.2 Å². The molecule has 0 aliphatic heterocycles. The second-order valence-electron chi connectivity index (χ2n) is 2.89. The minimum absolute atomic E-state index is 0.108. The number of carbonyl (C=O) groups excluding carboxylic acids is 1. The highest BCUT2D eigenvalue weighted by atomic mass is 19.4. The van der Waals surface area contributed by atoms with Crippen molar-refractivity contribution in [1.29, 1.82) is 0 Å². The van der Waals surface area contributed by atoms with Gasteiger partial charge in [-0.25, -0.2) is 4.79 Å². The number of amides is 1. The minimum Gasteiger partial charge on any atom is -0.450 e. The summed E-state index contributed by atoms with van der Waals surface area (Å²) in [6, 6.07) is 5.19. The Morgan fingerprint density at radius 2 is 2.00 bits per heavy atom. The third-order valence-electron chi connectivity index (χ3n) is 1.62. The van der Waals surface area contributed by atoms with Gasteiger partial charge in [0.1, 0.15) is 0 Å². The van der Waals surface area contributed by atoms with Crippen LogP contribution in [0.2, 0.25) is 0 Å². The minimum atomic E-state index is -4.81. The van der Waals surface area contributed by atoms with Crippen LogP contribution in [0, 0.1) is 0 Å². The smallest absolute Gasteiger partial charge is 0.450 e. The van der Waals surface area contributed by atoms with Gasteiger partial charge in [0, 0.05) is 0 Å². The Balaban J connectivity index is 2.81. The molecule has 0 unspecified atom stereocenters. The maximum Gasteiger partial charge on any atom is 0.573 e. The Kier molecular flexibility index (Phi) is 4.19. The molecule has 0 spiro atoms. The van der Waals surface area contributed by atoms with Gasteiger partial charge in [-0.15, -0.1) is 13.2 Å². The highest BCUT2D eigenvalue weighted by Gasteiger charge is 2.32. The summed E-state index contributed by atoms with van der Waals surface area (Å²) < 4.78 is 44.4. The normalized spacial score (nSPS) is 10.8. The lowest BCUT2D eigenvalue weighted by molar-refractivity contribution is -0.274. The summed E-state index contributed by atoms with van der Waals surface area (Å²) in [5, 5.41) is 2.15. The average Bonchev–Trinajstić information content (AvgIpc) is 2.19. The molecular weight excluding hydrogens is 239 g/mol. The zero-order chi connectivity index (χ0) is 12.9. The first-order valence-electron chi connectivity index (χ1n) is 4.71. The molecule has 0 atom stereocenters. The summed E-state index contributed by atoms with van der Waals surface area (Å²) in [6.07, 6.45) is -5.65. The fraction of sp³-hybridized carbons (Fsp3) is 0.300. The molecule has 0 aliphatic carbocycles. The highest BCUT2D eigenvalue weighted by molar-refractivity contribution is 5.86. The molecule has 0 saturated heterocycles. The van der Waals surface area contributed by atoms with E-state index in [2.05, 4.69) is 14.8 Å². The van der Waals surface area contributed by atoms with Crippen LogP contribution >= 0.6 is 0 Å². The van der Waals surface area contributed by atoms with Crippen molar-refractivity contribution >= 4 is 11.8 Å². The molecule has 1 N–H and O–H groups in total. The summed E-state index contributed by atoms with van der Waals surface area (Å²) in [4.78, 5) is 11.1. The summed E-state index contributed by atoms with van der Waals surface area (Å²) in [7, 11) is 0. The Morgan fingerprint density at radius 1 is 1.35 bits per heavy atom. The third-order valence-corrected chi connectivity index (χ3v) is 1.62. The van der Waals surface area contributed by atoms with Gasteiger partial charge in [0.05, 0.1) is 12.3 Å². The second-order valence-corrected chi connectivity index (χ2v) is 2.89. The number of rotatable bonds is 3. The quantitative estimate of drug-likeness (QED) is 0.895. The van der Waals surface area contributed by atoms with Crippen LogP contribution < -0.4 is 10.1 Å². The number of nitrogens with one attached hydrogen (secondary N) is 1. The summed E-state index contributed by atoms with van der Waals surface area (Å²) >= 11 is 0. The molecular formula is C10H10F3NO3. The lowest BCUT2D eigenvalue weighted by Gasteiger charge is -2.13. The Bertz CT molecular complexity index is 393. The van der Waals surface area contributed by atoms with Gasteiger partial charge in [0.2, 0.25) is 0 Å². The van der Waals surface area contributed by atoms with Gasteiger partial charge in [0.25, 0.3) is 0 Å². The van der Waals surface area contributed by atoms with Gasteiger partial charge in [-0.3, -0.25) is 5.32 Å². The zero-order valence-corrected chi connectivity index (χ0v) is 8.88. The van der Waals surface area contributed by atoms with Crippen molar-refractivity contribution in [2.75, 3.05) is 11.9 Å². The average molecular weight is 249 g/mol. The van der Waals surface area contributed by atoms with Crippen LogP contribution in [0.25, 0.3) is 0 Å². The highest BCUT2D eigenvalue weighted by Crippen LogP contribution is 2.29. The van der Waals surface area contributed by atoms with E-state index in [1.165, 1.54) is 18.2 Å². The molecule has 0 fully saturated rings. The van der Waals surface area contributed by atoms with Gasteiger partial charge in [-0.1, -0.05) is 12.1 Å². The van der Waals surface area contributed by atoms with E-state index in [-0.39, 0.29) is 12.3 Å². The fourth-order valence-electron chi connectivity index (χ4n) is 1.06. The molecule has 7 heteroatoms. The number of benzene rings is 1. The molecule has 0 saturated carbocycles. The van der Waals surface area contributed by atoms with E-state index in [9.17, 15) is 18.0 Å².